The maximum absolute atomic E-state index is 13.4. The molecule has 2 aromatic carbocycles. The van der Waals surface area contributed by atoms with E-state index in [1.807, 2.05) is 35.7 Å². The minimum Gasteiger partial charge on any atom is -0.384 e. The minimum atomic E-state index is -3.59. The number of rotatable bonds is 24. The fraction of sp³-hybridized carbons (Fsp3) is 0.422. The Morgan fingerprint density at radius 1 is 0.859 bits per heavy atom. The second-order valence-corrected chi connectivity index (χ2v) is 18.7. The first kappa shape index (κ1) is 47.3. The molecule has 0 aliphatic carbocycles. The molecule has 19 heteroatoms. The average Bonchev–Trinajstić information content (AvgIpc) is 4.02. The highest BCUT2D eigenvalue weighted by molar-refractivity contribution is 7.89. The van der Waals surface area contributed by atoms with E-state index in [9.17, 15) is 42.0 Å². The SMILES string of the molecule is CS(=O)(=O)n1ccc(C(=O)N[C@@H](CCCCNC(=O)CCCCCCCCCCNc2cccc3c2C(=O)N(C2CCC(=O)NC2=O)C3=O)C(=O)Nc2nc(-c3ccccc3)cs2)c1. The fourth-order valence-electron chi connectivity index (χ4n) is 7.64. The zero-order valence-corrected chi connectivity index (χ0v) is 37.4. The maximum atomic E-state index is 13.4. The van der Waals surface area contributed by atoms with Gasteiger partial charge < -0.3 is 21.3 Å². The number of thiazole rings is 1. The number of aromatic nitrogens is 2. The fourth-order valence-corrected chi connectivity index (χ4v) is 8.95. The number of carbonyl (C=O) groups excluding carboxylic acids is 7. The maximum Gasteiger partial charge on any atom is 0.264 e. The van der Waals surface area contributed by atoms with E-state index in [0.29, 0.717) is 48.9 Å². The average molecular weight is 915 g/mol. The summed E-state index contributed by atoms with van der Waals surface area (Å²) in [6, 6.07) is 14.0. The zero-order chi connectivity index (χ0) is 45.6. The van der Waals surface area contributed by atoms with Crippen LogP contribution in [0, 0.1) is 0 Å². The van der Waals surface area contributed by atoms with Gasteiger partial charge in [0, 0.05) is 55.0 Å². The molecule has 0 spiro atoms. The van der Waals surface area contributed by atoms with Gasteiger partial charge in [0.05, 0.1) is 28.6 Å². The van der Waals surface area contributed by atoms with E-state index in [2.05, 4.69) is 31.6 Å². The Morgan fingerprint density at radius 2 is 1.58 bits per heavy atom. The van der Waals surface area contributed by atoms with Crippen molar-refractivity contribution in [2.45, 2.75) is 102 Å². The monoisotopic (exact) mass is 914 g/mol. The van der Waals surface area contributed by atoms with Gasteiger partial charge in [0.15, 0.2) is 5.13 Å². The lowest BCUT2D eigenvalue weighted by Crippen LogP contribution is -2.54. The van der Waals surface area contributed by atoms with Gasteiger partial charge in [-0.2, -0.15) is 0 Å². The highest BCUT2D eigenvalue weighted by Crippen LogP contribution is 2.32. The molecule has 7 amide bonds. The predicted octanol–water partition coefficient (Wildman–Crippen LogP) is 5.47. The Labute approximate surface area is 376 Å². The van der Waals surface area contributed by atoms with Crippen LogP contribution in [0.15, 0.2) is 72.4 Å². The normalized spacial score (nSPS) is 15.4. The number of unbranched alkanes of at least 4 members (excludes halogenated alkanes) is 8. The first-order chi connectivity index (χ1) is 30.8. The van der Waals surface area contributed by atoms with Crippen LogP contribution in [-0.2, 0) is 29.2 Å². The van der Waals surface area contributed by atoms with Crippen LogP contribution in [0.3, 0.4) is 0 Å². The van der Waals surface area contributed by atoms with Crippen LogP contribution in [0.2, 0.25) is 0 Å². The number of nitrogens with zero attached hydrogens (tertiary/aromatic N) is 3. The number of benzene rings is 2. The van der Waals surface area contributed by atoms with Crippen molar-refractivity contribution < 1.29 is 42.0 Å². The number of carbonyl (C=O) groups is 7. The van der Waals surface area contributed by atoms with Crippen LogP contribution in [0.25, 0.3) is 11.3 Å². The molecule has 0 bridgehead atoms. The molecule has 64 heavy (non-hydrogen) atoms. The smallest absolute Gasteiger partial charge is 0.264 e. The highest BCUT2D eigenvalue weighted by atomic mass is 32.2. The molecule has 340 valence electrons. The molecular formula is C45H54N8O9S2. The van der Waals surface area contributed by atoms with E-state index in [0.717, 1.165) is 72.1 Å². The number of piperidine rings is 1. The number of fused-ring (bicyclic) bond motifs is 1. The molecule has 1 unspecified atom stereocenters. The van der Waals surface area contributed by atoms with Crippen molar-refractivity contribution in [1.82, 2.24) is 29.8 Å². The van der Waals surface area contributed by atoms with Gasteiger partial charge in [-0.25, -0.2) is 13.4 Å². The van der Waals surface area contributed by atoms with Crippen molar-refractivity contribution in [2.24, 2.45) is 0 Å². The topological polar surface area (TPSA) is 235 Å². The van der Waals surface area contributed by atoms with Crippen LogP contribution in [0.5, 0.6) is 0 Å². The van der Waals surface area contributed by atoms with E-state index in [1.165, 1.54) is 29.8 Å². The standard InChI is InChI=1S/C45H54N8O9S2/c1-64(61,62)52-27-24-31(28-52)40(56)48-34(41(57)51-45-49-35(29-63-45)30-16-9-8-10-17-30)19-12-14-26-47-37(54)21-11-6-4-2-3-5-7-13-25-46-33-20-15-18-32-39(33)44(60)53(43(32)59)36-22-23-38(55)50-42(36)58/h8-10,15-18,20,24,27-29,34,36,46H,2-7,11-14,19,21-23,25-26H2,1H3,(H,47,54)(H,48,56)(H,49,51,57)(H,50,55,58)/t34-,36?/m0/s1. The summed E-state index contributed by atoms with van der Waals surface area (Å²) in [7, 11) is -3.59. The number of amides is 7. The Bertz CT molecular complexity index is 2450. The lowest BCUT2D eigenvalue weighted by Gasteiger charge is -2.27. The number of hydrogen-bond donors (Lipinski definition) is 5. The van der Waals surface area contributed by atoms with Crippen molar-refractivity contribution >= 4 is 73.5 Å². The van der Waals surface area contributed by atoms with Crippen molar-refractivity contribution in [1.29, 1.82) is 0 Å². The zero-order valence-electron chi connectivity index (χ0n) is 35.7. The van der Waals surface area contributed by atoms with Gasteiger partial charge in [-0.1, -0.05) is 74.9 Å². The number of anilines is 2. The Hall–Kier alpha value is -6.21. The molecule has 2 aromatic heterocycles. The highest BCUT2D eigenvalue weighted by Gasteiger charge is 2.45. The molecule has 17 nitrogen and oxygen atoms in total. The van der Waals surface area contributed by atoms with E-state index in [1.54, 1.807) is 18.2 Å². The summed E-state index contributed by atoms with van der Waals surface area (Å²) in [5.41, 5.74) is 2.76. The van der Waals surface area contributed by atoms with Crippen molar-refractivity contribution in [3.8, 4) is 11.3 Å². The van der Waals surface area contributed by atoms with Gasteiger partial charge in [0.2, 0.25) is 33.7 Å². The largest absolute Gasteiger partial charge is 0.384 e. The van der Waals surface area contributed by atoms with Gasteiger partial charge in [-0.15, -0.1) is 11.3 Å². The summed E-state index contributed by atoms with van der Waals surface area (Å²) in [6.07, 6.45) is 13.2. The van der Waals surface area contributed by atoms with Crippen LogP contribution >= 0.6 is 11.3 Å². The van der Waals surface area contributed by atoms with Gasteiger partial charge in [0.1, 0.15) is 12.1 Å². The molecule has 2 atom stereocenters. The summed E-state index contributed by atoms with van der Waals surface area (Å²) in [6.45, 7) is 1.04. The van der Waals surface area contributed by atoms with Gasteiger partial charge >= 0.3 is 0 Å². The second kappa shape index (κ2) is 22.4. The molecule has 6 rings (SSSR count). The third-order valence-electron chi connectivity index (χ3n) is 11.1. The van der Waals surface area contributed by atoms with Crippen molar-refractivity contribution in [3.05, 3.63) is 89.1 Å². The van der Waals surface area contributed by atoms with E-state index in [4.69, 9.17) is 0 Å². The quantitative estimate of drug-likeness (QED) is 0.0437. The van der Waals surface area contributed by atoms with Crippen LogP contribution in [-0.4, -0.2) is 95.1 Å². The molecule has 1 saturated heterocycles. The second-order valence-electron chi connectivity index (χ2n) is 15.9. The number of imide groups is 2. The molecule has 2 aliphatic heterocycles. The first-order valence-corrected chi connectivity index (χ1v) is 24.4. The Morgan fingerprint density at radius 3 is 2.30 bits per heavy atom. The molecule has 4 aromatic rings. The van der Waals surface area contributed by atoms with E-state index < -0.39 is 57.6 Å². The molecule has 0 radical (unpaired) electrons. The van der Waals surface area contributed by atoms with Gasteiger partial charge in [-0.3, -0.25) is 47.8 Å². The predicted molar refractivity (Wildman–Crippen MR) is 242 cm³/mol. The van der Waals surface area contributed by atoms with Crippen LogP contribution < -0.4 is 26.6 Å². The minimum absolute atomic E-state index is 0.0396. The molecule has 5 N–H and O–H groups in total. The van der Waals surface area contributed by atoms with Crippen molar-refractivity contribution in [3.63, 3.8) is 0 Å². The van der Waals surface area contributed by atoms with Crippen molar-refractivity contribution in [2.75, 3.05) is 30.0 Å². The summed E-state index contributed by atoms with van der Waals surface area (Å²) < 4.78 is 24.8. The summed E-state index contributed by atoms with van der Waals surface area (Å²) in [5.74, 6) is -3.20. The van der Waals surface area contributed by atoms with E-state index in [-0.39, 0.29) is 41.9 Å². The first-order valence-electron chi connectivity index (χ1n) is 21.7. The van der Waals surface area contributed by atoms with Gasteiger partial charge in [-0.05, 0) is 56.7 Å². The molecular weight excluding hydrogens is 861 g/mol. The third kappa shape index (κ3) is 12.7. The Kier molecular flexibility index (Phi) is 16.6. The van der Waals surface area contributed by atoms with Crippen LogP contribution in [0.1, 0.15) is 121 Å². The number of hydrogen-bond acceptors (Lipinski definition) is 12. The summed E-state index contributed by atoms with van der Waals surface area (Å²) in [5, 5.41) is 16.2. The van der Waals surface area contributed by atoms with E-state index >= 15 is 0 Å². The summed E-state index contributed by atoms with van der Waals surface area (Å²) >= 11 is 1.26. The molecule has 2 aliphatic rings. The third-order valence-corrected chi connectivity index (χ3v) is 12.8. The molecule has 4 heterocycles. The molecule has 0 saturated carbocycles. The van der Waals surface area contributed by atoms with Gasteiger partial charge in [0.25, 0.3) is 17.7 Å². The lowest BCUT2D eigenvalue weighted by atomic mass is 10.0. The molecule has 1 fully saturated rings. The summed E-state index contributed by atoms with van der Waals surface area (Å²) in [4.78, 5) is 94.8. The lowest BCUT2D eigenvalue weighted by molar-refractivity contribution is -0.136. The Balaban J connectivity index is 0.833. The number of nitrogens with one attached hydrogen (secondary N) is 5. The van der Waals surface area contributed by atoms with Crippen LogP contribution in [0.4, 0.5) is 10.8 Å².